The van der Waals surface area contributed by atoms with Crippen molar-refractivity contribution in [3.05, 3.63) is 29.8 Å². The first-order valence-electron chi connectivity index (χ1n) is 7.06. The molecule has 124 valence electrons. The molecule has 0 bridgehead atoms. The second-order valence-electron chi connectivity index (χ2n) is 5.20. The summed E-state index contributed by atoms with van der Waals surface area (Å²) >= 11 is 0. The lowest BCUT2D eigenvalue weighted by Gasteiger charge is -2.15. The van der Waals surface area contributed by atoms with Gasteiger partial charge in [0, 0.05) is 18.6 Å². The van der Waals surface area contributed by atoms with Crippen LogP contribution in [0.25, 0.3) is 0 Å². The van der Waals surface area contributed by atoms with E-state index < -0.39 is 0 Å². The van der Waals surface area contributed by atoms with Gasteiger partial charge in [0.25, 0.3) is 5.91 Å². The molecule has 0 saturated heterocycles. The summed E-state index contributed by atoms with van der Waals surface area (Å²) in [6, 6.07) is 6.82. The van der Waals surface area contributed by atoms with E-state index >= 15 is 0 Å². The molecule has 1 aromatic carbocycles. The van der Waals surface area contributed by atoms with E-state index in [4.69, 9.17) is 0 Å². The van der Waals surface area contributed by atoms with Gasteiger partial charge in [0.2, 0.25) is 0 Å². The molecule has 1 rings (SSSR count). The number of urea groups is 1. The van der Waals surface area contributed by atoms with Crippen molar-refractivity contribution in [2.24, 2.45) is 0 Å². The fraction of sp³-hybridized carbons (Fsp3) is 0.467. The van der Waals surface area contributed by atoms with Crippen molar-refractivity contribution in [3.8, 4) is 0 Å². The maximum Gasteiger partial charge on any atom is 0.319 e. The molecule has 6 nitrogen and oxygen atoms in total. The van der Waals surface area contributed by atoms with Gasteiger partial charge in [-0.15, -0.1) is 12.4 Å². The summed E-state index contributed by atoms with van der Waals surface area (Å²) in [5.41, 5.74) is 0.935. The summed E-state index contributed by atoms with van der Waals surface area (Å²) in [6.45, 7) is 6.23. The molecule has 1 unspecified atom stereocenters. The van der Waals surface area contributed by atoms with E-state index in [0.717, 1.165) is 0 Å². The first-order chi connectivity index (χ1) is 9.93. The minimum Gasteiger partial charge on any atom is -0.350 e. The second kappa shape index (κ2) is 10.0. The first kappa shape index (κ1) is 20.2. The topological polar surface area (TPSA) is 82.3 Å². The summed E-state index contributed by atoms with van der Waals surface area (Å²) in [5, 5.41) is 11.3. The lowest BCUT2D eigenvalue weighted by Crippen LogP contribution is -2.38. The Morgan fingerprint density at radius 3 is 2.36 bits per heavy atom. The van der Waals surface area contributed by atoms with Crippen molar-refractivity contribution >= 4 is 30.0 Å². The van der Waals surface area contributed by atoms with Crippen LogP contribution in [0.1, 0.15) is 31.1 Å². The van der Waals surface area contributed by atoms with Crippen LogP contribution in [0, 0.1) is 0 Å². The molecular formula is C15H25ClN4O2. The zero-order chi connectivity index (χ0) is 15.8. The standard InChI is InChI=1S/C15H24N4O2.ClH/c1-10(2)18-15(21)19-13-8-6-5-7-12(13)14(20)17-9-11(3)16-4;/h5-8,10-11,16H,9H2,1-4H3,(H,17,20)(H2,18,19,21);1H. The molecule has 0 radical (unpaired) electrons. The molecule has 0 aliphatic rings. The molecule has 0 spiro atoms. The highest BCUT2D eigenvalue weighted by atomic mass is 35.5. The van der Waals surface area contributed by atoms with Crippen LogP contribution >= 0.6 is 12.4 Å². The number of likely N-dealkylation sites (N-methyl/N-ethyl adjacent to an activating group) is 1. The molecule has 0 aliphatic heterocycles. The Morgan fingerprint density at radius 2 is 1.77 bits per heavy atom. The Hall–Kier alpha value is -1.79. The van der Waals surface area contributed by atoms with Crippen molar-refractivity contribution in [3.63, 3.8) is 0 Å². The largest absolute Gasteiger partial charge is 0.350 e. The number of rotatable bonds is 6. The van der Waals surface area contributed by atoms with Gasteiger partial charge < -0.3 is 21.3 Å². The number of hydrogen-bond donors (Lipinski definition) is 4. The first-order valence-corrected chi connectivity index (χ1v) is 7.06. The van der Waals surface area contributed by atoms with Gasteiger partial charge in [-0.05, 0) is 40.0 Å². The van der Waals surface area contributed by atoms with Gasteiger partial charge in [-0.3, -0.25) is 4.79 Å². The van der Waals surface area contributed by atoms with E-state index in [9.17, 15) is 9.59 Å². The maximum atomic E-state index is 12.2. The molecule has 0 aliphatic carbocycles. The van der Waals surface area contributed by atoms with E-state index in [1.54, 1.807) is 24.3 Å². The summed E-state index contributed by atoms with van der Waals surface area (Å²) in [5.74, 6) is -0.211. The van der Waals surface area contributed by atoms with Crippen molar-refractivity contribution in [1.82, 2.24) is 16.0 Å². The number of benzene rings is 1. The highest BCUT2D eigenvalue weighted by Crippen LogP contribution is 2.14. The highest BCUT2D eigenvalue weighted by Gasteiger charge is 2.13. The molecule has 22 heavy (non-hydrogen) atoms. The molecule has 3 amide bonds. The molecule has 1 aromatic rings. The smallest absolute Gasteiger partial charge is 0.319 e. The molecular weight excluding hydrogens is 304 g/mol. The van der Waals surface area contributed by atoms with Crippen LogP contribution < -0.4 is 21.3 Å². The van der Waals surface area contributed by atoms with Crippen LogP contribution in [0.4, 0.5) is 10.5 Å². The summed E-state index contributed by atoms with van der Waals surface area (Å²) < 4.78 is 0. The van der Waals surface area contributed by atoms with Crippen LogP contribution in [0.15, 0.2) is 24.3 Å². The van der Waals surface area contributed by atoms with Gasteiger partial charge in [-0.25, -0.2) is 4.79 Å². The van der Waals surface area contributed by atoms with E-state index in [-0.39, 0.29) is 36.4 Å². The maximum absolute atomic E-state index is 12.2. The molecule has 0 saturated carbocycles. The van der Waals surface area contributed by atoms with Gasteiger partial charge in [-0.2, -0.15) is 0 Å². The van der Waals surface area contributed by atoms with Crippen molar-refractivity contribution in [2.45, 2.75) is 32.9 Å². The fourth-order valence-electron chi connectivity index (χ4n) is 1.65. The SMILES string of the molecule is CNC(C)CNC(=O)c1ccccc1NC(=O)NC(C)C.Cl. The van der Waals surface area contributed by atoms with E-state index in [1.165, 1.54) is 0 Å². The van der Waals surface area contributed by atoms with Crippen molar-refractivity contribution < 1.29 is 9.59 Å². The van der Waals surface area contributed by atoms with Crippen molar-refractivity contribution in [1.29, 1.82) is 0 Å². The van der Waals surface area contributed by atoms with Gasteiger partial charge in [0.15, 0.2) is 0 Å². The quantitative estimate of drug-likeness (QED) is 0.644. The normalized spacial score (nSPS) is 11.3. The predicted molar refractivity (Wildman–Crippen MR) is 91.8 cm³/mol. The monoisotopic (exact) mass is 328 g/mol. The molecule has 4 N–H and O–H groups in total. The van der Waals surface area contributed by atoms with Gasteiger partial charge >= 0.3 is 6.03 Å². The van der Waals surface area contributed by atoms with E-state index in [1.807, 2.05) is 27.8 Å². The summed E-state index contributed by atoms with van der Waals surface area (Å²) in [6.07, 6.45) is 0. The van der Waals surface area contributed by atoms with Crippen LogP contribution in [0.2, 0.25) is 0 Å². The third-order valence-corrected chi connectivity index (χ3v) is 2.90. The highest BCUT2D eigenvalue weighted by molar-refractivity contribution is 6.03. The van der Waals surface area contributed by atoms with Crippen LogP contribution in [-0.2, 0) is 0 Å². The minimum absolute atomic E-state index is 0. The number of carbonyl (C=O) groups excluding carboxylic acids is 2. The number of carbonyl (C=O) groups is 2. The van der Waals surface area contributed by atoms with Crippen LogP contribution in [0.3, 0.4) is 0 Å². The predicted octanol–water partition coefficient (Wildman–Crippen LogP) is 1.98. The number of para-hydroxylation sites is 1. The van der Waals surface area contributed by atoms with Gasteiger partial charge in [0.1, 0.15) is 0 Å². The Labute approximate surface area is 137 Å². The third kappa shape index (κ3) is 6.78. The van der Waals surface area contributed by atoms with Crippen molar-refractivity contribution in [2.75, 3.05) is 18.9 Å². The number of nitrogens with one attached hydrogen (secondary N) is 4. The summed E-state index contributed by atoms with van der Waals surface area (Å²) in [7, 11) is 1.84. The lowest BCUT2D eigenvalue weighted by molar-refractivity contribution is 0.0951. The number of amides is 3. The van der Waals surface area contributed by atoms with Gasteiger partial charge in [0.05, 0.1) is 11.3 Å². The van der Waals surface area contributed by atoms with E-state index in [0.29, 0.717) is 17.8 Å². The minimum atomic E-state index is -0.325. The molecule has 7 heteroatoms. The number of anilines is 1. The Balaban J connectivity index is 0.00000441. The Kier molecular flexibility index (Phi) is 9.21. The third-order valence-electron chi connectivity index (χ3n) is 2.90. The van der Waals surface area contributed by atoms with Crippen LogP contribution in [0.5, 0.6) is 0 Å². The molecule has 0 heterocycles. The summed E-state index contributed by atoms with van der Waals surface area (Å²) in [4.78, 5) is 23.9. The average Bonchev–Trinajstić information content (AvgIpc) is 2.44. The average molecular weight is 329 g/mol. The molecule has 1 atom stereocenters. The molecule has 0 fully saturated rings. The van der Waals surface area contributed by atoms with Crippen LogP contribution in [-0.4, -0.2) is 37.6 Å². The zero-order valence-electron chi connectivity index (χ0n) is 13.4. The zero-order valence-corrected chi connectivity index (χ0v) is 14.2. The van der Waals surface area contributed by atoms with Gasteiger partial charge in [-0.1, -0.05) is 12.1 Å². The molecule has 0 aromatic heterocycles. The second-order valence-corrected chi connectivity index (χ2v) is 5.20. The number of hydrogen-bond acceptors (Lipinski definition) is 3. The number of halogens is 1. The fourth-order valence-corrected chi connectivity index (χ4v) is 1.65. The lowest BCUT2D eigenvalue weighted by atomic mass is 10.1. The Morgan fingerprint density at radius 1 is 1.14 bits per heavy atom. The Bertz CT molecular complexity index is 494. The van der Waals surface area contributed by atoms with E-state index in [2.05, 4.69) is 21.3 Å².